The Balaban J connectivity index is 1.92. The summed E-state index contributed by atoms with van der Waals surface area (Å²) in [4.78, 5) is 8.71. The first-order valence-electron chi connectivity index (χ1n) is 7.49. The average Bonchev–Trinajstić information content (AvgIpc) is 2.87. The van der Waals surface area contributed by atoms with Crippen LogP contribution in [0.1, 0.15) is 16.3 Å². The van der Waals surface area contributed by atoms with Crippen LogP contribution >= 0.6 is 22.9 Å². The predicted octanol–water partition coefficient (Wildman–Crippen LogP) is 2.73. The summed E-state index contributed by atoms with van der Waals surface area (Å²) in [7, 11) is 1.59. The van der Waals surface area contributed by atoms with Crippen molar-refractivity contribution in [3.63, 3.8) is 0 Å². The van der Waals surface area contributed by atoms with Crippen LogP contribution in [0.15, 0.2) is 36.6 Å². The second-order valence-electron chi connectivity index (χ2n) is 5.82. The Bertz CT molecular complexity index is 799. The molecule has 126 valence electrons. The van der Waals surface area contributed by atoms with Crippen LogP contribution in [0, 0.1) is 6.92 Å². The topological polar surface area (TPSA) is 87.0 Å². The van der Waals surface area contributed by atoms with Gasteiger partial charge < -0.3 is 16.2 Å². The number of allylic oxidation sites excluding steroid dienone is 2. The van der Waals surface area contributed by atoms with Crippen molar-refractivity contribution < 1.29 is 4.74 Å². The number of nitrogens with zero attached hydrogens (tertiary/aromatic N) is 2. The molecule has 4 N–H and O–H groups in total. The molecule has 5 nitrogen and oxygen atoms in total. The molecule has 2 heterocycles. The summed E-state index contributed by atoms with van der Waals surface area (Å²) >= 11 is 7.71. The molecule has 2 aromatic rings. The number of pyridine rings is 1. The maximum atomic E-state index is 6.60. The Kier molecular flexibility index (Phi) is 4.73. The van der Waals surface area contributed by atoms with E-state index in [2.05, 4.69) is 9.97 Å². The number of nitrogens with two attached hydrogens (primary N) is 2. The second kappa shape index (κ2) is 6.64. The number of thiazole rings is 1. The zero-order valence-electron chi connectivity index (χ0n) is 13.5. The van der Waals surface area contributed by atoms with E-state index >= 15 is 0 Å². The lowest BCUT2D eigenvalue weighted by atomic mass is 9.80. The van der Waals surface area contributed by atoms with E-state index in [1.807, 2.05) is 37.3 Å². The summed E-state index contributed by atoms with van der Waals surface area (Å²) in [6.45, 7) is 1.92. The number of rotatable bonds is 4. The summed E-state index contributed by atoms with van der Waals surface area (Å²) in [5.41, 5.74) is 14.8. The number of halogens is 1. The fraction of sp³-hybridized carbons (Fsp3) is 0.294. The molecule has 2 aromatic heterocycles. The van der Waals surface area contributed by atoms with Crippen LogP contribution in [-0.4, -0.2) is 28.7 Å². The van der Waals surface area contributed by atoms with Gasteiger partial charge in [-0.25, -0.2) is 9.97 Å². The molecule has 3 rings (SSSR count). The third kappa shape index (κ3) is 3.37. The standard InChI is InChI=1S/C17H19ClN4OS/c1-10-22-13(16(18)24-10)8-17(20)7-11(3-5-14(17)19)12-4-6-15(23-2)21-9-12/h3-7,9,14H,8,19-20H2,1-2H3. The lowest BCUT2D eigenvalue weighted by molar-refractivity contribution is 0.398. The Morgan fingerprint density at radius 1 is 1.42 bits per heavy atom. The van der Waals surface area contributed by atoms with Crippen LogP contribution in [0.25, 0.3) is 5.57 Å². The molecule has 0 bridgehead atoms. The Morgan fingerprint density at radius 3 is 2.79 bits per heavy atom. The van der Waals surface area contributed by atoms with Crippen molar-refractivity contribution in [1.29, 1.82) is 0 Å². The van der Waals surface area contributed by atoms with Gasteiger partial charge in [0, 0.05) is 30.3 Å². The number of hydrogen-bond donors (Lipinski definition) is 2. The smallest absolute Gasteiger partial charge is 0.212 e. The predicted molar refractivity (Wildman–Crippen MR) is 98.4 cm³/mol. The van der Waals surface area contributed by atoms with Gasteiger partial charge in [0.1, 0.15) is 4.34 Å². The quantitative estimate of drug-likeness (QED) is 0.873. The van der Waals surface area contributed by atoms with Gasteiger partial charge in [-0.2, -0.15) is 0 Å². The molecule has 0 aromatic carbocycles. The van der Waals surface area contributed by atoms with Crippen LogP contribution in [0.4, 0.5) is 0 Å². The molecule has 0 radical (unpaired) electrons. The Morgan fingerprint density at radius 2 is 2.21 bits per heavy atom. The average molecular weight is 363 g/mol. The molecule has 0 fully saturated rings. The summed E-state index contributed by atoms with van der Waals surface area (Å²) in [5, 5.41) is 0.919. The summed E-state index contributed by atoms with van der Waals surface area (Å²) in [6.07, 6.45) is 8.09. The van der Waals surface area contributed by atoms with Gasteiger partial charge in [0.15, 0.2) is 0 Å². The number of hydrogen-bond acceptors (Lipinski definition) is 6. The highest BCUT2D eigenvalue weighted by atomic mass is 35.5. The number of ether oxygens (including phenoxy) is 1. The van der Waals surface area contributed by atoms with Crippen molar-refractivity contribution in [3.8, 4) is 5.88 Å². The SMILES string of the molecule is COc1ccc(C2=CC(N)(Cc3nc(C)sc3Cl)C(N)C=C2)cn1. The molecule has 1 aliphatic rings. The Hall–Kier alpha value is -1.73. The zero-order valence-corrected chi connectivity index (χ0v) is 15.1. The monoisotopic (exact) mass is 362 g/mol. The molecule has 2 unspecified atom stereocenters. The first-order chi connectivity index (χ1) is 11.4. The van der Waals surface area contributed by atoms with E-state index < -0.39 is 5.54 Å². The third-order valence-corrected chi connectivity index (χ3v) is 5.29. The van der Waals surface area contributed by atoms with Crippen molar-refractivity contribution in [2.75, 3.05) is 7.11 Å². The lowest BCUT2D eigenvalue weighted by Gasteiger charge is -2.34. The molecule has 0 amide bonds. The van der Waals surface area contributed by atoms with E-state index in [4.69, 9.17) is 27.8 Å². The highest BCUT2D eigenvalue weighted by Gasteiger charge is 2.33. The van der Waals surface area contributed by atoms with Crippen molar-refractivity contribution in [2.24, 2.45) is 11.5 Å². The largest absolute Gasteiger partial charge is 0.481 e. The van der Waals surface area contributed by atoms with Gasteiger partial charge in [-0.05, 0) is 18.6 Å². The fourth-order valence-electron chi connectivity index (χ4n) is 2.69. The van der Waals surface area contributed by atoms with E-state index in [1.54, 1.807) is 13.3 Å². The van der Waals surface area contributed by atoms with Crippen molar-refractivity contribution in [2.45, 2.75) is 24.9 Å². The molecule has 7 heteroatoms. The maximum Gasteiger partial charge on any atom is 0.212 e. The minimum Gasteiger partial charge on any atom is -0.481 e. The number of aromatic nitrogens is 2. The first kappa shape index (κ1) is 17.1. The molecule has 0 spiro atoms. The minimum atomic E-state index is -0.756. The van der Waals surface area contributed by atoms with Crippen LogP contribution in [0.5, 0.6) is 5.88 Å². The van der Waals surface area contributed by atoms with Gasteiger partial charge >= 0.3 is 0 Å². The number of aryl methyl sites for hydroxylation is 1. The van der Waals surface area contributed by atoms with E-state index in [9.17, 15) is 0 Å². The van der Waals surface area contributed by atoms with Crippen LogP contribution in [-0.2, 0) is 6.42 Å². The minimum absolute atomic E-state index is 0.314. The normalized spacial score (nSPS) is 23.2. The third-order valence-electron chi connectivity index (χ3n) is 4.04. The van der Waals surface area contributed by atoms with Gasteiger partial charge in [-0.1, -0.05) is 29.8 Å². The van der Waals surface area contributed by atoms with E-state index in [1.165, 1.54) is 11.3 Å². The van der Waals surface area contributed by atoms with Crippen molar-refractivity contribution >= 4 is 28.5 Å². The first-order valence-corrected chi connectivity index (χ1v) is 8.68. The Labute approximate surface area is 150 Å². The molecule has 24 heavy (non-hydrogen) atoms. The summed E-state index contributed by atoms with van der Waals surface area (Å²) in [6, 6.07) is 3.45. The maximum absolute atomic E-state index is 6.60. The van der Waals surface area contributed by atoms with Crippen LogP contribution in [0.2, 0.25) is 4.34 Å². The zero-order chi connectivity index (χ0) is 17.3. The van der Waals surface area contributed by atoms with E-state index in [0.717, 1.165) is 21.8 Å². The molecule has 0 aliphatic heterocycles. The lowest BCUT2D eigenvalue weighted by Crippen LogP contribution is -2.55. The van der Waals surface area contributed by atoms with Gasteiger partial charge in [-0.3, -0.25) is 0 Å². The van der Waals surface area contributed by atoms with E-state index in [0.29, 0.717) is 16.6 Å². The molecule has 2 atom stereocenters. The summed E-state index contributed by atoms with van der Waals surface area (Å²) < 4.78 is 5.76. The van der Waals surface area contributed by atoms with Crippen LogP contribution < -0.4 is 16.2 Å². The number of methoxy groups -OCH3 is 1. The molecule has 1 aliphatic carbocycles. The van der Waals surface area contributed by atoms with Gasteiger partial charge in [0.05, 0.1) is 23.4 Å². The summed E-state index contributed by atoms with van der Waals surface area (Å²) in [5.74, 6) is 0.569. The van der Waals surface area contributed by atoms with Gasteiger partial charge in [0.2, 0.25) is 5.88 Å². The molecule has 0 saturated heterocycles. The highest BCUT2D eigenvalue weighted by molar-refractivity contribution is 7.15. The van der Waals surface area contributed by atoms with Gasteiger partial charge in [-0.15, -0.1) is 11.3 Å². The second-order valence-corrected chi connectivity index (χ2v) is 7.62. The highest BCUT2D eigenvalue weighted by Crippen LogP contribution is 2.32. The molecule has 0 saturated carbocycles. The van der Waals surface area contributed by atoms with Crippen molar-refractivity contribution in [1.82, 2.24) is 9.97 Å². The van der Waals surface area contributed by atoms with Crippen LogP contribution in [0.3, 0.4) is 0 Å². The molecular formula is C17H19ClN4OS. The molecular weight excluding hydrogens is 344 g/mol. The fourth-order valence-corrected chi connectivity index (χ4v) is 3.78. The van der Waals surface area contributed by atoms with E-state index in [-0.39, 0.29) is 6.04 Å². The van der Waals surface area contributed by atoms with Crippen molar-refractivity contribution in [3.05, 3.63) is 57.2 Å². The van der Waals surface area contributed by atoms with Gasteiger partial charge in [0.25, 0.3) is 0 Å².